The predicted octanol–water partition coefficient (Wildman–Crippen LogP) is 3.42. The van der Waals surface area contributed by atoms with E-state index in [-0.39, 0.29) is 41.5 Å². The monoisotopic (exact) mass is 469 g/mol. The third-order valence-corrected chi connectivity index (χ3v) is 5.88. The molecule has 1 aromatic carbocycles. The molecule has 2 N–H and O–H groups in total. The Kier molecular flexibility index (Phi) is 5.99. The number of likely N-dealkylation sites (N-methyl/N-ethyl adjacent to an activating group) is 1. The molecule has 0 fully saturated rings. The zero-order valence-electron chi connectivity index (χ0n) is 18.6. The van der Waals surface area contributed by atoms with E-state index in [2.05, 4.69) is 9.98 Å². The molecule has 1 aliphatic heterocycles. The largest absolute Gasteiger partial charge is 0.369 e. The molecular formula is C24H22F3N5O2. The Morgan fingerprint density at radius 3 is 2.59 bits per heavy atom. The normalized spacial score (nSPS) is 17.9. The van der Waals surface area contributed by atoms with Crippen LogP contribution in [0.3, 0.4) is 0 Å². The van der Waals surface area contributed by atoms with E-state index in [1.165, 1.54) is 34.8 Å². The Hall–Kier alpha value is -3.95. The van der Waals surface area contributed by atoms with Gasteiger partial charge in [0.05, 0.1) is 18.4 Å². The van der Waals surface area contributed by atoms with Crippen LogP contribution in [0.25, 0.3) is 11.1 Å². The number of ketones is 1. The number of rotatable bonds is 7. The SMILES string of the molecule is CCC(=O)c1cc([C@]2(c3cccc(-c4cc(F)cnc4F)c3)N=C(N)N(C)C2=O)cn1CCF. The Labute approximate surface area is 193 Å². The molecule has 4 rings (SSSR count). The van der Waals surface area contributed by atoms with Gasteiger partial charge in [0.1, 0.15) is 12.5 Å². The molecule has 0 aliphatic carbocycles. The minimum absolute atomic E-state index is 0.0596. The maximum atomic E-state index is 14.4. The Balaban J connectivity index is 1.96. The number of aromatic nitrogens is 2. The number of aryl methyl sites for hydroxylation is 1. The molecular weight excluding hydrogens is 447 g/mol. The molecule has 176 valence electrons. The van der Waals surface area contributed by atoms with Crippen molar-refractivity contribution in [1.82, 2.24) is 14.5 Å². The number of pyridine rings is 1. The zero-order valence-corrected chi connectivity index (χ0v) is 18.6. The minimum atomic E-state index is -1.70. The lowest BCUT2D eigenvalue weighted by Crippen LogP contribution is -2.41. The number of nitrogens with zero attached hydrogens (tertiary/aromatic N) is 4. The number of carbonyl (C=O) groups excluding carboxylic acids is 2. The molecule has 1 atom stereocenters. The number of nitrogens with two attached hydrogens (primary N) is 1. The first-order chi connectivity index (χ1) is 16.2. The van der Waals surface area contributed by atoms with E-state index < -0.39 is 29.9 Å². The smallest absolute Gasteiger partial charge is 0.266 e. The van der Waals surface area contributed by atoms with E-state index in [9.17, 15) is 22.8 Å². The lowest BCUT2D eigenvalue weighted by Gasteiger charge is -2.25. The van der Waals surface area contributed by atoms with Crippen molar-refractivity contribution in [3.63, 3.8) is 0 Å². The summed E-state index contributed by atoms with van der Waals surface area (Å²) in [6.45, 7) is 0.881. The molecule has 7 nitrogen and oxygen atoms in total. The van der Waals surface area contributed by atoms with Gasteiger partial charge in [-0.25, -0.2) is 18.8 Å². The fourth-order valence-corrected chi connectivity index (χ4v) is 4.12. The Bertz CT molecular complexity index is 1320. The molecule has 1 amide bonds. The maximum absolute atomic E-state index is 14.4. The van der Waals surface area contributed by atoms with Crippen molar-refractivity contribution >= 4 is 17.6 Å². The molecule has 3 aromatic rings. The van der Waals surface area contributed by atoms with Crippen molar-refractivity contribution in [2.45, 2.75) is 25.4 Å². The number of benzene rings is 1. The van der Waals surface area contributed by atoms with Gasteiger partial charge in [0.15, 0.2) is 17.3 Å². The van der Waals surface area contributed by atoms with E-state index in [1.807, 2.05) is 0 Å². The summed E-state index contributed by atoms with van der Waals surface area (Å²) < 4.78 is 42.8. The summed E-state index contributed by atoms with van der Waals surface area (Å²) in [5, 5.41) is 0. The molecule has 0 saturated heterocycles. The quantitative estimate of drug-likeness (QED) is 0.424. The van der Waals surface area contributed by atoms with Crippen LogP contribution in [0.4, 0.5) is 13.2 Å². The van der Waals surface area contributed by atoms with Gasteiger partial charge in [-0.2, -0.15) is 4.39 Å². The second-order valence-corrected chi connectivity index (χ2v) is 7.89. The third-order valence-electron chi connectivity index (χ3n) is 5.88. The van der Waals surface area contributed by atoms with Crippen molar-refractivity contribution in [2.24, 2.45) is 10.7 Å². The fraction of sp³-hybridized carbons (Fsp3) is 0.250. The molecule has 0 bridgehead atoms. The number of aliphatic imine (C=N–C) groups is 1. The summed E-state index contributed by atoms with van der Waals surface area (Å²) in [5.74, 6) is -2.40. The lowest BCUT2D eigenvalue weighted by atomic mass is 9.83. The summed E-state index contributed by atoms with van der Waals surface area (Å²) >= 11 is 0. The number of alkyl halides is 1. The van der Waals surface area contributed by atoms with Crippen LogP contribution in [0.15, 0.2) is 53.8 Å². The average molecular weight is 469 g/mol. The molecule has 0 radical (unpaired) electrons. The Morgan fingerprint density at radius 1 is 1.18 bits per heavy atom. The van der Waals surface area contributed by atoms with Gasteiger partial charge in [-0.1, -0.05) is 25.1 Å². The first kappa shape index (κ1) is 23.2. The van der Waals surface area contributed by atoms with Crippen LogP contribution in [0, 0.1) is 11.8 Å². The third kappa shape index (κ3) is 3.64. The number of Topliss-reactive ketones (excluding diaryl/α,β-unsaturated/α-hetero) is 1. The molecule has 3 heterocycles. The number of halogens is 3. The van der Waals surface area contributed by atoms with Crippen LogP contribution >= 0.6 is 0 Å². The molecule has 0 saturated carbocycles. The summed E-state index contributed by atoms with van der Waals surface area (Å²) in [5.41, 5.74) is 5.35. The second-order valence-electron chi connectivity index (χ2n) is 7.89. The summed E-state index contributed by atoms with van der Waals surface area (Å²) in [4.78, 5) is 35.1. The molecule has 2 aromatic heterocycles. The lowest BCUT2D eigenvalue weighted by molar-refractivity contribution is -0.129. The second kappa shape index (κ2) is 8.77. The van der Waals surface area contributed by atoms with Crippen molar-refractivity contribution in [1.29, 1.82) is 0 Å². The first-order valence-corrected chi connectivity index (χ1v) is 10.6. The summed E-state index contributed by atoms with van der Waals surface area (Å²) in [7, 11) is 1.46. The van der Waals surface area contributed by atoms with E-state index in [4.69, 9.17) is 5.73 Å². The fourth-order valence-electron chi connectivity index (χ4n) is 4.12. The van der Waals surface area contributed by atoms with E-state index >= 15 is 0 Å². The van der Waals surface area contributed by atoms with Crippen molar-refractivity contribution < 1.29 is 22.8 Å². The molecule has 1 aliphatic rings. The zero-order chi connectivity index (χ0) is 24.6. The standard InChI is InChI=1S/C24H22F3N5O2/c1-3-20(33)19-10-16(13-32(19)8-7-25)24(22(34)31(2)23(28)30-24)15-6-4-5-14(9-15)18-11-17(26)12-29-21(18)27/h4-6,9-13H,3,7-8H2,1-2H3,(H2,28,30)/t24-/m0/s1. The molecule has 10 heteroatoms. The first-order valence-electron chi connectivity index (χ1n) is 10.6. The van der Waals surface area contributed by atoms with Crippen LogP contribution in [0.1, 0.15) is 35.0 Å². The maximum Gasteiger partial charge on any atom is 0.266 e. The highest BCUT2D eigenvalue weighted by Gasteiger charge is 2.50. The highest BCUT2D eigenvalue weighted by Crippen LogP contribution is 2.41. The van der Waals surface area contributed by atoms with E-state index in [0.717, 1.165) is 12.3 Å². The summed E-state index contributed by atoms with van der Waals surface area (Å²) in [6.07, 6.45) is 2.46. The van der Waals surface area contributed by atoms with Crippen LogP contribution in [0.2, 0.25) is 0 Å². The highest BCUT2D eigenvalue weighted by atomic mass is 19.1. The number of carbonyl (C=O) groups is 2. The van der Waals surface area contributed by atoms with E-state index in [0.29, 0.717) is 11.1 Å². The van der Waals surface area contributed by atoms with Crippen LogP contribution in [-0.4, -0.2) is 45.8 Å². The highest BCUT2D eigenvalue weighted by molar-refractivity contribution is 6.09. The molecule has 34 heavy (non-hydrogen) atoms. The average Bonchev–Trinajstić information content (AvgIpc) is 3.36. The van der Waals surface area contributed by atoms with Gasteiger partial charge in [0.25, 0.3) is 5.91 Å². The Morgan fingerprint density at radius 2 is 1.94 bits per heavy atom. The van der Waals surface area contributed by atoms with Gasteiger partial charge in [-0.3, -0.25) is 14.5 Å². The van der Waals surface area contributed by atoms with Gasteiger partial charge >= 0.3 is 0 Å². The van der Waals surface area contributed by atoms with Crippen LogP contribution in [-0.2, 0) is 16.9 Å². The van der Waals surface area contributed by atoms with Gasteiger partial charge in [0, 0.05) is 30.8 Å². The van der Waals surface area contributed by atoms with Gasteiger partial charge in [-0.05, 0) is 29.3 Å². The van der Waals surface area contributed by atoms with E-state index in [1.54, 1.807) is 25.1 Å². The molecule has 0 unspecified atom stereocenters. The number of hydrogen-bond acceptors (Lipinski definition) is 5. The van der Waals surface area contributed by atoms with Crippen molar-refractivity contribution in [3.05, 3.63) is 77.4 Å². The van der Waals surface area contributed by atoms with Crippen LogP contribution < -0.4 is 5.73 Å². The number of amides is 1. The predicted molar refractivity (Wildman–Crippen MR) is 120 cm³/mol. The van der Waals surface area contributed by atoms with Gasteiger partial charge in [-0.15, -0.1) is 0 Å². The van der Waals surface area contributed by atoms with Crippen LogP contribution in [0.5, 0.6) is 0 Å². The summed E-state index contributed by atoms with van der Waals surface area (Å²) in [6, 6.07) is 8.74. The number of hydrogen-bond donors (Lipinski definition) is 1. The van der Waals surface area contributed by atoms with Gasteiger partial charge < -0.3 is 10.3 Å². The van der Waals surface area contributed by atoms with Crippen molar-refractivity contribution in [3.8, 4) is 11.1 Å². The minimum Gasteiger partial charge on any atom is -0.369 e. The number of guanidine groups is 1. The van der Waals surface area contributed by atoms with Gasteiger partial charge in [0.2, 0.25) is 5.95 Å². The van der Waals surface area contributed by atoms with Crippen molar-refractivity contribution in [2.75, 3.05) is 13.7 Å². The molecule has 0 spiro atoms. The topological polar surface area (TPSA) is 93.6 Å².